The highest BCUT2D eigenvalue weighted by Crippen LogP contribution is 2.67. The molecule has 0 amide bonds. The van der Waals surface area contributed by atoms with Crippen LogP contribution in [0.2, 0.25) is 0 Å². The van der Waals surface area contributed by atoms with E-state index in [4.69, 9.17) is 5.11 Å². The van der Waals surface area contributed by atoms with Crippen molar-refractivity contribution in [3.63, 3.8) is 0 Å². The summed E-state index contributed by atoms with van der Waals surface area (Å²) in [5.41, 5.74) is -0.398. The third kappa shape index (κ3) is 3.18. The number of hydrogen-bond acceptors (Lipinski definition) is 4. The van der Waals surface area contributed by atoms with Gasteiger partial charge in [-0.3, -0.25) is 9.59 Å². The first-order valence-electron chi connectivity index (χ1n) is 11.7. The summed E-state index contributed by atoms with van der Waals surface area (Å²) in [6.07, 6.45) is 5.82. The van der Waals surface area contributed by atoms with Gasteiger partial charge in [0.15, 0.2) is 0 Å². The molecule has 4 saturated carbocycles. The fourth-order valence-corrected chi connectivity index (χ4v) is 8.41. The SMILES string of the molecule is C[C@H](CCC(=O)O)C1CC[C@H]2[C@@H]3[C@@H](O)C[C@@H]4C[C@H](O)CC[C@]4(C)[C@H]3CC(=O)[C@]12C. The van der Waals surface area contributed by atoms with E-state index < -0.39 is 17.5 Å². The van der Waals surface area contributed by atoms with Crippen LogP contribution in [0.3, 0.4) is 0 Å². The van der Waals surface area contributed by atoms with Crippen LogP contribution < -0.4 is 0 Å². The van der Waals surface area contributed by atoms with E-state index in [1.54, 1.807) is 0 Å². The van der Waals surface area contributed by atoms with Crippen LogP contribution in [0.4, 0.5) is 0 Å². The summed E-state index contributed by atoms with van der Waals surface area (Å²) < 4.78 is 0. The summed E-state index contributed by atoms with van der Waals surface area (Å²) in [6.45, 7) is 6.54. The number of Topliss-reactive ketones (excluding diaryl/α,β-unsaturated/α-hetero) is 1. The van der Waals surface area contributed by atoms with Gasteiger partial charge in [-0.25, -0.2) is 0 Å². The van der Waals surface area contributed by atoms with Crippen molar-refractivity contribution in [1.29, 1.82) is 0 Å². The Morgan fingerprint density at radius 2 is 1.86 bits per heavy atom. The zero-order valence-electron chi connectivity index (χ0n) is 18.1. The van der Waals surface area contributed by atoms with Crippen LogP contribution in [-0.2, 0) is 9.59 Å². The molecule has 0 aromatic heterocycles. The number of aliphatic hydroxyl groups excluding tert-OH is 2. The lowest BCUT2D eigenvalue weighted by molar-refractivity contribution is -0.181. The van der Waals surface area contributed by atoms with Crippen LogP contribution in [0.15, 0.2) is 0 Å². The maximum absolute atomic E-state index is 13.6. The summed E-state index contributed by atoms with van der Waals surface area (Å²) in [5, 5.41) is 30.5. The Labute approximate surface area is 174 Å². The number of carboxylic acids is 1. The highest BCUT2D eigenvalue weighted by Gasteiger charge is 2.65. The molecule has 0 aromatic carbocycles. The molecule has 0 bridgehead atoms. The number of rotatable bonds is 4. The minimum Gasteiger partial charge on any atom is -0.481 e. The molecular formula is C24H38O5. The van der Waals surface area contributed by atoms with Gasteiger partial charge in [-0.1, -0.05) is 20.8 Å². The average Bonchev–Trinajstić information content (AvgIpc) is 3.01. The van der Waals surface area contributed by atoms with Crippen LogP contribution >= 0.6 is 0 Å². The zero-order chi connectivity index (χ0) is 21.1. The van der Waals surface area contributed by atoms with Crippen molar-refractivity contribution in [2.24, 2.45) is 46.3 Å². The largest absolute Gasteiger partial charge is 0.481 e. The first-order valence-corrected chi connectivity index (χ1v) is 11.7. The highest BCUT2D eigenvalue weighted by atomic mass is 16.4. The fraction of sp³-hybridized carbons (Fsp3) is 0.917. The molecule has 4 aliphatic rings. The summed E-state index contributed by atoms with van der Waals surface area (Å²) in [7, 11) is 0. The molecule has 164 valence electrons. The molecular weight excluding hydrogens is 368 g/mol. The molecule has 10 atom stereocenters. The van der Waals surface area contributed by atoms with Gasteiger partial charge in [-0.2, -0.15) is 0 Å². The summed E-state index contributed by atoms with van der Waals surface area (Å²) in [4.78, 5) is 24.7. The Hall–Kier alpha value is -0.940. The van der Waals surface area contributed by atoms with Crippen molar-refractivity contribution in [3.05, 3.63) is 0 Å². The minimum absolute atomic E-state index is 0.0348. The summed E-state index contributed by atoms with van der Waals surface area (Å²) >= 11 is 0. The van der Waals surface area contributed by atoms with E-state index in [0.29, 0.717) is 24.5 Å². The number of hydrogen-bond donors (Lipinski definition) is 3. The van der Waals surface area contributed by atoms with E-state index in [0.717, 1.165) is 38.5 Å². The Bertz CT molecular complexity index is 676. The van der Waals surface area contributed by atoms with Crippen LogP contribution in [0.25, 0.3) is 0 Å². The third-order valence-corrected chi connectivity index (χ3v) is 10.1. The van der Waals surface area contributed by atoms with Crippen molar-refractivity contribution in [1.82, 2.24) is 0 Å². The monoisotopic (exact) mass is 406 g/mol. The Morgan fingerprint density at radius 3 is 2.55 bits per heavy atom. The Balaban J connectivity index is 1.62. The predicted molar refractivity (Wildman–Crippen MR) is 109 cm³/mol. The van der Waals surface area contributed by atoms with Gasteiger partial charge in [-0.15, -0.1) is 0 Å². The average molecular weight is 407 g/mol. The van der Waals surface area contributed by atoms with Crippen LogP contribution in [0, 0.1) is 46.3 Å². The molecule has 0 saturated heterocycles. The van der Waals surface area contributed by atoms with Gasteiger partial charge in [-0.05, 0) is 85.9 Å². The maximum atomic E-state index is 13.6. The highest BCUT2D eigenvalue weighted by molar-refractivity contribution is 5.87. The lowest BCUT2D eigenvalue weighted by Gasteiger charge is -2.61. The summed E-state index contributed by atoms with van der Waals surface area (Å²) in [5.74, 6) is 0.855. The molecule has 3 N–H and O–H groups in total. The number of fused-ring (bicyclic) bond motifs is 5. The zero-order valence-corrected chi connectivity index (χ0v) is 18.1. The van der Waals surface area contributed by atoms with Gasteiger partial charge >= 0.3 is 5.97 Å². The van der Waals surface area contributed by atoms with Crippen LogP contribution in [-0.4, -0.2) is 39.3 Å². The van der Waals surface area contributed by atoms with Gasteiger partial charge < -0.3 is 15.3 Å². The number of carbonyl (C=O) groups is 2. The molecule has 0 aliphatic heterocycles. The van der Waals surface area contributed by atoms with E-state index in [1.807, 2.05) is 0 Å². The van der Waals surface area contributed by atoms with E-state index in [1.165, 1.54) is 0 Å². The second-order valence-electron chi connectivity index (χ2n) is 11.2. The van der Waals surface area contributed by atoms with E-state index in [-0.39, 0.29) is 47.5 Å². The predicted octanol–water partition coefficient (Wildman–Crippen LogP) is 3.66. The normalized spacial score (nSPS) is 50.4. The standard InChI is InChI=1S/C24H38O5/c1-13(4-7-21(28)29)16-5-6-17-22-18(12-20(27)24(16,17)3)23(2)9-8-15(25)10-14(23)11-19(22)26/h13-19,22,25-26H,4-12H2,1-3H3,(H,28,29)/t13-,14+,15-,16?,17+,18+,19+,22+,23+,24-/m1/s1. The van der Waals surface area contributed by atoms with E-state index >= 15 is 0 Å². The van der Waals surface area contributed by atoms with Crippen LogP contribution in [0.1, 0.15) is 78.6 Å². The molecule has 0 heterocycles. The van der Waals surface area contributed by atoms with Gasteiger partial charge in [0, 0.05) is 18.3 Å². The second-order valence-corrected chi connectivity index (χ2v) is 11.2. The number of aliphatic carboxylic acids is 1. The van der Waals surface area contributed by atoms with Crippen molar-refractivity contribution >= 4 is 11.8 Å². The van der Waals surface area contributed by atoms with Gasteiger partial charge in [0.1, 0.15) is 5.78 Å². The second kappa shape index (κ2) is 7.33. The lowest BCUT2D eigenvalue weighted by atomic mass is 9.43. The number of carboxylic acid groups (broad SMARTS) is 1. The maximum Gasteiger partial charge on any atom is 0.303 e. The fourth-order valence-electron chi connectivity index (χ4n) is 8.41. The van der Waals surface area contributed by atoms with Crippen molar-refractivity contribution in [3.8, 4) is 0 Å². The molecule has 4 aliphatic carbocycles. The van der Waals surface area contributed by atoms with Gasteiger partial charge in [0.25, 0.3) is 0 Å². The molecule has 5 heteroatoms. The van der Waals surface area contributed by atoms with Crippen molar-refractivity contribution in [2.45, 2.75) is 90.8 Å². The molecule has 5 nitrogen and oxygen atoms in total. The molecule has 29 heavy (non-hydrogen) atoms. The number of carbonyl (C=O) groups excluding carboxylic acids is 1. The number of ketones is 1. The van der Waals surface area contributed by atoms with Crippen molar-refractivity contribution < 1.29 is 24.9 Å². The van der Waals surface area contributed by atoms with E-state index in [2.05, 4.69) is 20.8 Å². The molecule has 0 aromatic rings. The molecule has 0 spiro atoms. The van der Waals surface area contributed by atoms with Crippen LogP contribution in [0.5, 0.6) is 0 Å². The topological polar surface area (TPSA) is 94.8 Å². The first-order chi connectivity index (χ1) is 13.6. The first kappa shape index (κ1) is 21.3. The molecule has 4 rings (SSSR count). The van der Waals surface area contributed by atoms with E-state index in [9.17, 15) is 19.8 Å². The van der Waals surface area contributed by atoms with Gasteiger partial charge in [0.05, 0.1) is 12.2 Å². The molecule has 0 radical (unpaired) electrons. The molecule has 1 unspecified atom stereocenters. The third-order valence-electron chi connectivity index (χ3n) is 10.1. The Morgan fingerprint density at radius 1 is 1.14 bits per heavy atom. The van der Waals surface area contributed by atoms with Gasteiger partial charge in [0.2, 0.25) is 0 Å². The summed E-state index contributed by atoms with van der Waals surface area (Å²) in [6, 6.07) is 0. The van der Waals surface area contributed by atoms with Crippen molar-refractivity contribution in [2.75, 3.05) is 0 Å². The quantitative estimate of drug-likeness (QED) is 0.662. The molecule has 4 fully saturated rings. The lowest BCUT2D eigenvalue weighted by Crippen LogP contribution is -2.61. The smallest absolute Gasteiger partial charge is 0.303 e. The minimum atomic E-state index is -0.771. The Kier molecular flexibility index (Phi) is 5.39. The number of aliphatic hydroxyl groups is 2.